The molecule has 1 aliphatic heterocycles. The molecule has 1 aromatic carbocycles. The molecule has 98 valence electrons. The summed E-state index contributed by atoms with van der Waals surface area (Å²) in [6, 6.07) is 6.39. The number of thiocarbonyl (C=S) groups is 1. The third kappa shape index (κ3) is 2.62. The minimum atomic E-state index is 0.418. The first-order valence-corrected chi connectivity index (χ1v) is 7.15. The molecule has 1 fully saturated rings. The van der Waals surface area contributed by atoms with Crippen molar-refractivity contribution in [2.45, 2.75) is 32.7 Å². The largest absolute Gasteiger partial charge is 0.389 e. The molecule has 0 radical (unpaired) electrons. The normalized spacial score (nSPS) is 19.6. The molecule has 1 aliphatic rings. The average Bonchev–Trinajstić information content (AvgIpc) is 2.77. The highest BCUT2D eigenvalue weighted by atomic mass is 35.5. The molecular weight excluding hydrogens is 264 g/mol. The van der Waals surface area contributed by atoms with Crippen molar-refractivity contribution in [1.29, 1.82) is 0 Å². The lowest BCUT2D eigenvalue weighted by molar-refractivity contribution is 0.492. The smallest absolute Gasteiger partial charge is 0.106 e. The Labute approximate surface area is 119 Å². The number of hydrogen-bond donors (Lipinski definition) is 1. The predicted octanol–water partition coefficient (Wildman–Crippen LogP) is 3.60. The van der Waals surface area contributed by atoms with E-state index in [-0.39, 0.29) is 0 Å². The maximum atomic E-state index is 6.03. The lowest BCUT2D eigenvalue weighted by Crippen LogP contribution is -2.34. The van der Waals surface area contributed by atoms with Gasteiger partial charge in [0.15, 0.2) is 0 Å². The van der Waals surface area contributed by atoms with E-state index in [0.29, 0.717) is 22.0 Å². The van der Waals surface area contributed by atoms with Crippen molar-refractivity contribution < 1.29 is 0 Å². The van der Waals surface area contributed by atoms with Crippen molar-refractivity contribution in [3.63, 3.8) is 0 Å². The Morgan fingerprint density at radius 3 is 2.83 bits per heavy atom. The van der Waals surface area contributed by atoms with Gasteiger partial charge in [-0.1, -0.05) is 37.7 Å². The summed E-state index contributed by atoms with van der Waals surface area (Å²) in [5.74, 6) is 0.627. The lowest BCUT2D eigenvalue weighted by atomic mass is 10.0. The number of nitrogens with two attached hydrogens (primary N) is 1. The van der Waals surface area contributed by atoms with Crippen LogP contribution in [0.3, 0.4) is 0 Å². The monoisotopic (exact) mass is 282 g/mol. The maximum absolute atomic E-state index is 6.03. The fourth-order valence-electron chi connectivity index (χ4n) is 2.74. The molecule has 1 atom stereocenters. The van der Waals surface area contributed by atoms with Gasteiger partial charge >= 0.3 is 0 Å². The van der Waals surface area contributed by atoms with Crippen LogP contribution in [-0.4, -0.2) is 17.6 Å². The highest BCUT2D eigenvalue weighted by Gasteiger charge is 2.28. The maximum Gasteiger partial charge on any atom is 0.106 e. The van der Waals surface area contributed by atoms with E-state index in [4.69, 9.17) is 29.6 Å². The summed E-state index contributed by atoms with van der Waals surface area (Å²) in [7, 11) is 0. The Bertz CT molecular complexity index is 459. The number of rotatable bonds is 3. The minimum absolute atomic E-state index is 0.418. The second kappa shape index (κ2) is 5.45. The number of nitrogens with zero attached hydrogens (tertiary/aromatic N) is 1. The SMILES string of the molecule is CC(C)C1CCCN1c1ccc(Cl)cc1C(N)=S. The van der Waals surface area contributed by atoms with Crippen LogP contribution in [0.5, 0.6) is 0 Å². The topological polar surface area (TPSA) is 29.3 Å². The minimum Gasteiger partial charge on any atom is -0.389 e. The molecule has 18 heavy (non-hydrogen) atoms. The van der Waals surface area contributed by atoms with Crippen molar-refractivity contribution in [2.75, 3.05) is 11.4 Å². The van der Waals surface area contributed by atoms with Gasteiger partial charge < -0.3 is 10.6 Å². The lowest BCUT2D eigenvalue weighted by Gasteiger charge is -2.31. The van der Waals surface area contributed by atoms with Crippen molar-refractivity contribution in [2.24, 2.45) is 11.7 Å². The van der Waals surface area contributed by atoms with Gasteiger partial charge in [-0.25, -0.2) is 0 Å². The number of anilines is 1. The fourth-order valence-corrected chi connectivity index (χ4v) is 3.08. The standard InChI is InChI=1S/C14H19ClN2S/c1-9(2)12-4-3-7-17(12)13-6-5-10(15)8-11(13)14(16)18/h5-6,8-9,12H,3-4,7H2,1-2H3,(H2,16,18). The Balaban J connectivity index is 2.41. The molecule has 0 aliphatic carbocycles. The molecule has 0 saturated carbocycles. The molecule has 1 saturated heterocycles. The van der Waals surface area contributed by atoms with Crippen molar-refractivity contribution in [3.8, 4) is 0 Å². The third-order valence-electron chi connectivity index (χ3n) is 3.60. The van der Waals surface area contributed by atoms with E-state index in [1.807, 2.05) is 18.2 Å². The van der Waals surface area contributed by atoms with Crippen LogP contribution in [-0.2, 0) is 0 Å². The molecule has 2 N–H and O–H groups in total. The summed E-state index contributed by atoms with van der Waals surface area (Å²) < 4.78 is 0. The van der Waals surface area contributed by atoms with Crippen LogP contribution in [0.25, 0.3) is 0 Å². The summed E-state index contributed by atoms with van der Waals surface area (Å²) in [5.41, 5.74) is 7.84. The summed E-state index contributed by atoms with van der Waals surface area (Å²) >= 11 is 11.2. The average molecular weight is 283 g/mol. The quantitative estimate of drug-likeness (QED) is 0.859. The van der Waals surface area contributed by atoms with Crippen LogP contribution in [0.4, 0.5) is 5.69 Å². The van der Waals surface area contributed by atoms with Crippen LogP contribution in [0, 0.1) is 5.92 Å². The molecule has 2 rings (SSSR count). The molecule has 1 unspecified atom stereocenters. The first-order chi connectivity index (χ1) is 8.50. The predicted molar refractivity (Wildman–Crippen MR) is 82.5 cm³/mol. The first kappa shape index (κ1) is 13.6. The van der Waals surface area contributed by atoms with E-state index in [2.05, 4.69) is 18.7 Å². The van der Waals surface area contributed by atoms with Gasteiger partial charge in [-0.2, -0.15) is 0 Å². The Morgan fingerprint density at radius 1 is 1.50 bits per heavy atom. The summed E-state index contributed by atoms with van der Waals surface area (Å²) in [6.07, 6.45) is 2.46. The zero-order valence-corrected chi connectivity index (χ0v) is 12.4. The number of benzene rings is 1. The molecule has 0 bridgehead atoms. The zero-order chi connectivity index (χ0) is 13.3. The molecular formula is C14H19ClN2S. The van der Waals surface area contributed by atoms with Gasteiger partial charge in [0.1, 0.15) is 4.99 Å². The fraction of sp³-hybridized carbons (Fsp3) is 0.500. The molecule has 0 aromatic heterocycles. The van der Waals surface area contributed by atoms with Crippen molar-refractivity contribution in [3.05, 3.63) is 28.8 Å². The highest BCUT2D eigenvalue weighted by molar-refractivity contribution is 7.80. The van der Waals surface area contributed by atoms with E-state index >= 15 is 0 Å². The van der Waals surface area contributed by atoms with Gasteiger partial charge in [0.25, 0.3) is 0 Å². The molecule has 2 nitrogen and oxygen atoms in total. The zero-order valence-electron chi connectivity index (χ0n) is 10.8. The molecule has 1 aromatic rings. The van der Waals surface area contributed by atoms with Crippen LogP contribution >= 0.6 is 23.8 Å². The van der Waals surface area contributed by atoms with Gasteiger partial charge in [-0.15, -0.1) is 0 Å². The van der Waals surface area contributed by atoms with Gasteiger partial charge in [0, 0.05) is 28.9 Å². The van der Waals surface area contributed by atoms with Crippen LogP contribution in [0.1, 0.15) is 32.3 Å². The highest BCUT2D eigenvalue weighted by Crippen LogP contribution is 2.33. The van der Waals surface area contributed by atoms with E-state index in [1.165, 1.54) is 12.8 Å². The van der Waals surface area contributed by atoms with Crippen LogP contribution in [0.2, 0.25) is 5.02 Å². The van der Waals surface area contributed by atoms with E-state index in [9.17, 15) is 0 Å². The van der Waals surface area contributed by atoms with Crippen molar-refractivity contribution >= 4 is 34.5 Å². The van der Waals surface area contributed by atoms with Gasteiger partial charge in [0.05, 0.1) is 0 Å². The van der Waals surface area contributed by atoms with Gasteiger partial charge in [-0.05, 0) is 37.0 Å². The Morgan fingerprint density at radius 2 is 2.22 bits per heavy atom. The van der Waals surface area contributed by atoms with Crippen molar-refractivity contribution in [1.82, 2.24) is 0 Å². The summed E-state index contributed by atoms with van der Waals surface area (Å²) in [4.78, 5) is 2.84. The van der Waals surface area contributed by atoms with E-state index in [0.717, 1.165) is 17.8 Å². The van der Waals surface area contributed by atoms with E-state index in [1.54, 1.807) is 0 Å². The molecule has 0 amide bonds. The van der Waals surface area contributed by atoms with Crippen LogP contribution < -0.4 is 10.6 Å². The number of hydrogen-bond acceptors (Lipinski definition) is 2. The first-order valence-electron chi connectivity index (χ1n) is 6.36. The Hall–Kier alpha value is -0.800. The molecule has 4 heteroatoms. The molecule has 0 spiro atoms. The van der Waals surface area contributed by atoms with Crippen LogP contribution in [0.15, 0.2) is 18.2 Å². The van der Waals surface area contributed by atoms with E-state index < -0.39 is 0 Å². The number of halogens is 1. The summed E-state index contributed by atoms with van der Waals surface area (Å²) in [6.45, 7) is 5.60. The second-order valence-electron chi connectivity index (χ2n) is 5.17. The van der Waals surface area contributed by atoms with Gasteiger partial charge in [-0.3, -0.25) is 0 Å². The summed E-state index contributed by atoms with van der Waals surface area (Å²) in [5, 5.41) is 0.682. The Kier molecular flexibility index (Phi) is 4.13. The van der Waals surface area contributed by atoms with Gasteiger partial charge in [0.2, 0.25) is 0 Å². The second-order valence-corrected chi connectivity index (χ2v) is 6.05. The third-order valence-corrected chi connectivity index (χ3v) is 4.06. The molecule has 1 heterocycles.